The second-order valence-electron chi connectivity index (χ2n) is 7.31. The van der Waals surface area contributed by atoms with Gasteiger partial charge in [0, 0.05) is 5.38 Å². The van der Waals surface area contributed by atoms with Crippen LogP contribution in [-0.2, 0) is 44.7 Å². The van der Waals surface area contributed by atoms with Crippen molar-refractivity contribution in [3.8, 4) is 0 Å². The number of amides is 3. The van der Waals surface area contributed by atoms with Crippen LogP contribution in [0.1, 0.15) is 12.1 Å². The highest BCUT2D eigenvalue weighted by molar-refractivity contribution is 7.92. The molecular formula is C16H17N6O10S2+. The minimum absolute atomic E-state index is 0.0496. The molecule has 3 fully saturated rings. The number of ether oxygens (including phenoxy) is 1. The summed E-state index contributed by atoms with van der Waals surface area (Å²) in [6.45, 7) is -0.750. The summed E-state index contributed by atoms with van der Waals surface area (Å²) in [5.41, 5.74) is 4.11. The molecule has 0 radical (unpaired) electrons. The van der Waals surface area contributed by atoms with Gasteiger partial charge in [-0.3, -0.25) is 24.4 Å². The molecule has 16 nitrogen and oxygen atoms in total. The third-order valence-electron chi connectivity index (χ3n) is 5.34. The topological polar surface area (TPSA) is 243 Å². The number of carboxylic acid groups (broad SMARTS) is 1. The van der Waals surface area contributed by atoms with Gasteiger partial charge in [-0.2, -0.15) is 4.55 Å². The number of oxime groups is 1. The van der Waals surface area contributed by atoms with Crippen LogP contribution in [-0.4, -0.2) is 89.6 Å². The van der Waals surface area contributed by atoms with Gasteiger partial charge in [-0.15, -0.1) is 11.3 Å². The number of nitrogens with zero attached hydrogens (tertiary/aromatic N) is 3. The van der Waals surface area contributed by atoms with Crippen molar-refractivity contribution in [3.63, 3.8) is 0 Å². The van der Waals surface area contributed by atoms with Crippen molar-refractivity contribution in [1.29, 1.82) is 0 Å². The molecule has 3 aliphatic rings. The van der Waals surface area contributed by atoms with Crippen LogP contribution in [0, 0.1) is 5.92 Å². The highest BCUT2D eigenvalue weighted by atomic mass is 32.2. The largest absolute Gasteiger partial charge is 0.477 e. The molecular weight excluding hydrogens is 500 g/mol. The van der Waals surface area contributed by atoms with E-state index >= 15 is 0 Å². The minimum Gasteiger partial charge on any atom is -0.477 e. The lowest BCUT2D eigenvalue weighted by Crippen LogP contribution is -2.84. The molecule has 0 saturated carbocycles. The highest BCUT2D eigenvalue weighted by Gasteiger charge is 2.78. The Bertz CT molecular complexity index is 1110. The first-order valence-corrected chi connectivity index (χ1v) is 11.7. The van der Waals surface area contributed by atoms with Crippen molar-refractivity contribution < 1.29 is 48.4 Å². The number of rotatable bonds is 7. The second kappa shape index (κ2) is 8.70. The number of β-lactam (4-membered cyclic amide) rings is 1. The third kappa shape index (κ3) is 3.69. The molecule has 3 amide bonds. The number of esters is 1. The smallest absolute Gasteiger partial charge is 0.371 e. The summed E-state index contributed by atoms with van der Waals surface area (Å²) in [5.74, 6) is -6.28. The van der Waals surface area contributed by atoms with Gasteiger partial charge < -0.3 is 25.7 Å². The van der Waals surface area contributed by atoms with E-state index < -0.39 is 76.2 Å². The SMILES string of the molecule is Nc1nc(/C(=N/OCC(=O)NO)C(=O)N[C@@H]2C(=O)N3[C@@H]2[S+](O)C[C@@H]2CC(=O)O[C@@]23C(=O)O)cs1. The number of nitrogens with two attached hydrogens (primary N) is 1. The van der Waals surface area contributed by atoms with E-state index in [0.717, 1.165) is 16.2 Å². The molecule has 0 aromatic carbocycles. The summed E-state index contributed by atoms with van der Waals surface area (Å²) < 4.78 is 15.6. The first kappa shape index (κ1) is 23.7. The number of nitrogens with one attached hydrogen (secondary N) is 2. The molecule has 1 unspecified atom stereocenters. The van der Waals surface area contributed by atoms with Gasteiger partial charge >= 0.3 is 11.9 Å². The Kier molecular flexibility index (Phi) is 6.06. The number of aliphatic carboxylic acids is 1. The van der Waals surface area contributed by atoms with E-state index in [2.05, 4.69) is 15.5 Å². The average Bonchev–Trinajstić information content (AvgIpc) is 3.35. The van der Waals surface area contributed by atoms with Crippen LogP contribution in [0.25, 0.3) is 0 Å². The molecule has 1 aromatic rings. The number of thiazole rings is 1. The molecule has 0 aliphatic carbocycles. The van der Waals surface area contributed by atoms with Crippen molar-refractivity contribution in [1.82, 2.24) is 20.7 Å². The average molecular weight is 517 g/mol. The van der Waals surface area contributed by atoms with E-state index in [-0.39, 0.29) is 23.0 Å². The Morgan fingerprint density at radius 1 is 1.44 bits per heavy atom. The highest BCUT2D eigenvalue weighted by Crippen LogP contribution is 2.48. The lowest BCUT2D eigenvalue weighted by molar-refractivity contribution is -0.216. The third-order valence-corrected chi connectivity index (χ3v) is 7.79. The lowest BCUT2D eigenvalue weighted by Gasteiger charge is -2.53. The molecule has 0 spiro atoms. The minimum atomic E-state index is -2.26. The number of hydrogen-bond donors (Lipinski definition) is 6. The van der Waals surface area contributed by atoms with E-state index in [1.807, 2.05) is 0 Å². The summed E-state index contributed by atoms with van der Waals surface area (Å²) in [5, 5.41) is 24.4. The number of fused-ring (bicyclic) bond motifs is 3. The Balaban J connectivity index is 1.57. The quantitative estimate of drug-likeness (QED) is 0.0531. The van der Waals surface area contributed by atoms with Gasteiger partial charge in [0.05, 0.1) is 12.3 Å². The van der Waals surface area contributed by atoms with Gasteiger partial charge in [-0.25, -0.2) is 20.2 Å². The molecule has 5 atom stereocenters. The number of carbonyl (C=O) groups is 5. The molecule has 4 rings (SSSR count). The summed E-state index contributed by atoms with van der Waals surface area (Å²) in [7, 11) is 0. The number of nitrogen functional groups attached to an aromatic ring is 1. The van der Waals surface area contributed by atoms with E-state index in [1.165, 1.54) is 10.9 Å². The van der Waals surface area contributed by atoms with E-state index in [4.69, 9.17) is 20.5 Å². The zero-order valence-electron chi connectivity index (χ0n) is 16.9. The van der Waals surface area contributed by atoms with E-state index in [9.17, 15) is 33.6 Å². The zero-order valence-corrected chi connectivity index (χ0v) is 18.5. The van der Waals surface area contributed by atoms with Crippen LogP contribution in [0.3, 0.4) is 0 Å². The molecule has 18 heteroatoms. The van der Waals surface area contributed by atoms with E-state index in [1.54, 1.807) is 0 Å². The normalized spacial score (nSPS) is 29.9. The fourth-order valence-corrected chi connectivity index (χ4v) is 6.41. The summed E-state index contributed by atoms with van der Waals surface area (Å²) >= 11 is -0.602. The molecule has 3 saturated heterocycles. The van der Waals surface area contributed by atoms with E-state index in [0.29, 0.717) is 0 Å². The lowest BCUT2D eigenvalue weighted by atomic mass is 9.89. The number of aromatic nitrogens is 1. The molecule has 0 bridgehead atoms. The van der Waals surface area contributed by atoms with Gasteiger partial charge in [-0.1, -0.05) is 5.16 Å². The molecule has 3 aliphatic heterocycles. The predicted octanol–water partition coefficient (Wildman–Crippen LogP) is -2.95. The Morgan fingerprint density at radius 3 is 2.79 bits per heavy atom. The molecule has 34 heavy (non-hydrogen) atoms. The first-order chi connectivity index (χ1) is 16.1. The maximum absolute atomic E-state index is 12.9. The second-order valence-corrected chi connectivity index (χ2v) is 9.82. The molecule has 4 heterocycles. The van der Waals surface area contributed by atoms with Crippen molar-refractivity contribution in [2.75, 3.05) is 18.1 Å². The molecule has 1 aromatic heterocycles. The first-order valence-electron chi connectivity index (χ1n) is 9.42. The zero-order chi connectivity index (χ0) is 24.8. The van der Waals surface area contributed by atoms with Crippen LogP contribution in [0.4, 0.5) is 5.13 Å². The van der Waals surface area contributed by atoms with Gasteiger partial charge in [-0.05, 0) is 0 Å². The van der Waals surface area contributed by atoms with Gasteiger partial charge in [0.15, 0.2) is 40.4 Å². The van der Waals surface area contributed by atoms with Crippen molar-refractivity contribution in [2.45, 2.75) is 23.6 Å². The van der Waals surface area contributed by atoms with Gasteiger partial charge in [0.1, 0.15) is 5.69 Å². The fourth-order valence-electron chi connectivity index (χ4n) is 3.91. The Hall–Kier alpha value is -3.48. The standard InChI is InChI=1S/C16H16N6O10S2/c17-15-18-6(3-33-15)9(21-31-2-7(23)20-29)11(25)19-10-12(26)22-13(10)34(30)4-5-1-8(24)32-16(5,22)14(27)28/h3,5,10,13,30H,1-2,4H2,(H5-,17,18,19,20,21,23,25,27,28,29)/p+1/t5-,10+,13+,16+,34?/m0/s1. The summed E-state index contributed by atoms with van der Waals surface area (Å²) in [4.78, 5) is 70.2. The Morgan fingerprint density at radius 2 is 2.18 bits per heavy atom. The number of hydroxylamine groups is 1. The van der Waals surface area contributed by atoms with Crippen LogP contribution in [0.2, 0.25) is 0 Å². The van der Waals surface area contributed by atoms with Crippen molar-refractivity contribution in [2.24, 2.45) is 11.1 Å². The number of hydrogen-bond acceptors (Lipinski definition) is 13. The molecule has 182 valence electrons. The van der Waals surface area contributed by atoms with Crippen molar-refractivity contribution >= 4 is 63.0 Å². The molecule has 7 N–H and O–H groups in total. The maximum atomic E-state index is 12.9. The Labute approximate surface area is 196 Å². The van der Waals surface area contributed by atoms with Crippen molar-refractivity contribution in [3.05, 3.63) is 11.1 Å². The monoisotopic (exact) mass is 517 g/mol. The van der Waals surface area contributed by atoms with Crippen LogP contribution in [0.5, 0.6) is 0 Å². The maximum Gasteiger partial charge on any atom is 0.371 e. The number of carboxylic acids is 1. The fraction of sp³-hybridized carbons (Fsp3) is 0.438. The van der Waals surface area contributed by atoms with Gasteiger partial charge in [0.2, 0.25) is 0 Å². The summed E-state index contributed by atoms with van der Waals surface area (Å²) in [6, 6.07) is -1.36. The predicted molar refractivity (Wildman–Crippen MR) is 111 cm³/mol. The number of carbonyl (C=O) groups excluding carboxylic acids is 4. The van der Waals surface area contributed by atoms with Crippen LogP contribution >= 0.6 is 11.3 Å². The van der Waals surface area contributed by atoms with Gasteiger partial charge in [0.25, 0.3) is 28.8 Å². The summed E-state index contributed by atoms with van der Waals surface area (Å²) in [6.07, 6.45) is -0.273. The number of anilines is 1. The van der Waals surface area contributed by atoms with Crippen LogP contribution in [0.15, 0.2) is 10.5 Å². The van der Waals surface area contributed by atoms with Crippen LogP contribution < -0.4 is 16.5 Å².